The molecule has 0 spiro atoms. The molecule has 15 heteroatoms. The van der Waals surface area contributed by atoms with Crippen LogP contribution in [-0.2, 0) is 28.8 Å². The Hall–Kier alpha value is -3.30. The average molecular weight is 477 g/mol. The normalized spacial score (nSPS) is 15.3. The Morgan fingerprint density at radius 1 is 0.788 bits per heavy atom. The van der Waals surface area contributed by atoms with E-state index in [1.165, 1.54) is 0 Å². The summed E-state index contributed by atoms with van der Waals surface area (Å²) in [6.45, 7) is 1.55. The van der Waals surface area contributed by atoms with Gasteiger partial charge in [0.15, 0.2) is 0 Å². The Labute approximate surface area is 188 Å². The van der Waals surface area contributed by atoms with Crippen molar-refractivity contribution in [2.24, 2.45) is 11.5 Å². The van der Waals surface area contributed by atoms with Gasteiger partial charge in [-0.05, 0) is 26.3 Å². The second-order valence-corrected chi connectivity index (χ2v) is 7.27. The van der Waals surface area contributed by atoms with Crippen molar-refractivity contribution in [3.8, 4) is 0 Å². The number of carbonyl (C=O) groups excluding carboxylic acids is 3. The van der Waals surface area contributed by atoms with Gasteiger partial charge in [-0.1, -0.05) is 6.42 Å². The summed E-state index contributed by atoms with van der Waals surface area (Å²) >= 11 is 0. The summed E-state index contributed by atoms with van der Waals surface area (Å²) in [5.41, 5.74) is 11.1. The van der Waals surface area contributed by atoms with Crippen LogP contribution in [0.15, 0.2) is 0 Å². The Balaban J connectivity index is 5.38. The zero-order chi connectivity index (χ0) is 25.7. The molecule has 5 atom stereocenters. The smallest absolute Gasteiger partial charge is 0.326 e. The van der Waals surface area contributed by atoms with Gasteiger partial charge >= 0.3 is 17.9 Å². The van der Waals surface area contributed by atoms with Gasteiger partial charge in [0.1, 0.15) is 18.1 Å². The number of nitrogens with two attached hydrogens (primary N) is 2. The maximum Gasteiger partial charge on any atom is 0.326 e. The highest BCUT2D eigenvalue weighted by molar-refractivity contribution is 5.96. The zero-order valence-electron chi connectivity index (χ0n) is 18.0. The number of hydrogen-bond donors (Lipinski definition) is 9. The molecule has 0 fully saturated rings. The van der Waals surface area contributed by atoms with E-state index in [1.54, 1.807) is 0 Å². The second kappa shape index (κ2) is 14.7. The molecule has 3 amide bonds. The van der Waals surface area contributed by atoms with Gasteiger partial charge in [-0.25, -0.2) is 4.79 Å². The van der Waals surface area contributed by atoms with E-state index in [4.69, 9.17) is 26.8 Å². The molecule has 188 valence electrons. The summed E-state index contributed by atoms with van der Waals surface area (Å²) in [7, 11) is 0. The molecule has 0 aliphatic heterocycles. The third-order valence-corrected chi connectivity index (χ3v) is 4.37. The largest absolute Gasteiger partial charge is 0.481 e. The van der Waals surface area contributed by atoms with Crippen LogP contribution < -0.4 is 27.4 Å². The molecule has 0 saturated carbocycles. The van der Waals surface area contributed by atoms with E-state index in [1.807, 2.05) is 10.6 Å². The highest BCUT2D eigenvalue weighted by Crippen LogP contribution is 2.03. The molecule has 0 aliphatic carbocycles. The Kier molecular flexibility index (Phi) is 13.2. The van der Waals surface area contributed by atoms with Crippen molar-refractivity contribution >= 4 is 35.6 Å². The predicted octanol–water partition coefficient (Wildman–Crippen LogP) is -3.69. The average Bonchev–Trinajstić information content (AvgIpc) is 2.69. The van der Waals surface area contributed by atoms with Crippen molar-refractivity contribution in [2.75, 3.05) is 6.54 Å². The summed E-state index contributed by atoms with van der Waals surface area (Å²) in [5, 5.41) is 42.7. The molecule has 0 rings (SSSR count). The number of unbranched alkanes of at least 4 members (excludes halogenated alkanes) is 1. The van der Waals surface area contributed by atoms with Crippen LogP contribution in [0.1, 0.15) is 39.0 Å². The third-order valence-electron chi connectivity index (χ3n) is 4.37. The molecule has 33 heavy (non-hydrogen) atoms. The SMILES string of the molecule is CC(O)C(NC(=O)C(N)CCCCN)C(=O)NC(CC(=O)O)C(=O)NC(CC(=O)O)C(=O)O. The minimum atomic E-state index is -1.89. The monoisotopic (exact) mass is 477 g/mol. The number of carbonyl (C=O) groups is 6. The summed E-state index contributed by atoms with van der Waals surface area (Å²) in [6.07, 6.45) is -2.05. The molecule has 0 aromatic rings. The van der Waals surface area contributed by atoms with E-state index in [0.29, 0.717) is 19.4 Å². The number of hydrogen-bond acceptors (Lipinski definition) is 9. The van der Waals surface area contributed by atoms with Gasteiger partial charge in [-0.3, -0.25) is 24.0 Å². The van der Waals surface area contributed by atoms with Gasteiger partial charge in [-0.2, -0.15) is 0 Å². The molecule has 0 saturated heterocycles. The molecule has 0 bridgehead atoms. The maximum absolute atomic E-state index is 12.6. The van der Waals surface area contributed by atoms with Gasteiger partial charge in [0, 0.05) is 0 Å². The Morgan fingerprint density at radius 2 is 1.30 bits per heavy atom. The second-order valence-electron chi connectivity index (χ2n) is 7.27. The number of carboxylic acid groups (broad SMARTS) is 3. The Bertz CT molecular complexity index is 729. The number of carboxylic acids is 3. The molecule has 11 N–H and O–H groups in total. The molecule has 15 nitrogen and oxygen atoms in total. The zero-order valence-corrected chi connectivity index (χ0v) is 18.0. The lowest BCUT2D eigenvalue weighted by atomic mass is 10.1. The van der Waals surface area contributed by atoms with Gasteiger partial charge in [0.05, 0.1) is 25.0 Å². The van der Waals surface area contributed by atoms with E-state index in [9.17, 15) is 33.9 Å². The first-order chi connectivity index (χ1) is 15.3. The number of amides is 3. The first kappa shape index (κ1) is 29.7. The molecule has 5 unspecified atom stereocenters. The summed E-state index contributed by atoms with van der Waals surface area (Å²) in [6, 6.07) is -6.35. The van der Waals surface area contributed by atoms with Crippen LogP contribution in [0.4, 0.5) is 0 Å². The van der Waals surface area contributed by atoms with Gasteiger partial charge < -0.3 is 47.8 Å². The summed E-state index contributed by atoms with van der Waals surface area (Å²) < 4.78 is 0. The van der Waals surface area contributed by atoms with Crippen molar-refractivity contribution in [3.05, 3.63) is 0 Å². The molecule has 0 aliphatic rings. The van der Waals surface area contributed by atoms with E-state index in [2.05, 4.69) is 5.32 Å². The number of aliphatic hydroxyl groups is 1. The molecular weight excluding hydrogens is 446 g/mol. The van der Waals surface area contributed by atoms with Gasteiger partial charge in [0.2, 0.25) is 17.7 Å². The molecule has 0 aromatic heterocycles. The standard InChI is InChI=1S/C18H31N5O10/c1-8(24)14(23-15(29)9(20)4-2-3-5-19)17(31)21-10(6-12(25)26)16(30)22-11(18(32)33)7-13(27)28/h8-11,14,24H,2-7,19-20H2,1H3,(H,21,31)(H,22,30)(H,23,29)(H,25,26)(H,27,28)(H,32,33). The van der Waals surface area contributed by atoms with Crippen LogP contribution in [0.2, 0.25) is 0 Å². The van der Waals surface area contributed by atoms with Crippen LogP contribution in [-0.4, -0.2) is 92.9 Å². The van der Waals surface area contributed by atoms with Crippen LogP contribution in [0.25, 0.3) is 0 Å². The predicted molar refractivity (Wildman–Crippen MR) is 110 cm³/mol. The first-order valence-electron chi connectivity index (χ1n) is 10.0. The lowest BCUT2D eigenvalue weighted by Gasteiger charge is -2.25. The number of aliphatic carboxylic acids is 3. The quantitative estimate of drug-likeness (QED) is 0.0972. The minimum absolute atomic E-state index is 0.251. The molecular formula is C18H31N5O10. The lowest BCUT2D eigenvalue weighted by molar-refractivity contribution is -0.148. The van der Waals surface area contributed by atoms with Crippen molar-refractivity contribution in [3.63, 3.8) is 0 Å². The van der Waals surface area contributed by atoms with E-state index >= 15 is 0 Å². The van der Waals surface area contributed by atoms with Crippen molar-refractivity contribution in [2.45, 2.75) is 69.3 Å². The van der Waals surface area contributed by atoms with Crippen molar-refractivity contribution in [1.82, 2.24) is 16.0 Å². The topological polar surface area (TPSA) is 271 Å². The van der Waals surface area contributed by atoms with Gasteiger partial charge in [-0.15, -0.1) is 0 Å². The minimum Gasteiger partial charge on any atom is -0.481 e. The number of rotatable bonds is 16. The molecule has 0 heterocycles. The molecule has 0 aromatic carbocycles. The molecule has 0 radical (unpaired) electrons. The van der Waals surface area contributed by atoms with Crippen LogP contribution in [0, 0.1) is 0 Å². The summed E-state index contributed by atoms with van der Waals surface area (Å²) in [4.78, 5) is 70.1. The fourth-order valence-electron chi connectivity index (χ4n) is 2.60. The number of aliphatic hydroxyl groups excluding tert-OH is 1. The summed E-state index contributed by atoms with van der Waals surface area (Å²) in [5.74, 6) is -7.97. The van der Waals surface area contributed by atoms with E-state index < -0.39 is 78.7 Å². The maximum atomic E-state index is 12.6. The first-order valence-corrected chi connectivity index (χ1v) is 10.0. The van der Waals surface area contributed by atoms with Crippen LogP contribution >= 0.6 is 0 Å². The van der Waals surface area contributed by atoms with Crippen LogP contribution in [0.3, 0.4) is 0 Å². The highest BCUT2D eigenvalue weighted by Gasteiger charge is 2.33. The Morgan fingerprint density at radius 3 is 1.76 bits per heavy atom. The highest BCUT2D eigenvalue weighted by atomic mass is 16.4. The van der Waals surface area contributed by atoms with Crippen molar-refractivity contribution < 1.29 is 49.2 Å². The van der Waals surface area contributed by atoms with Gasteiger partial charge in [0.25, 0.3) is 0 Å². The van der Waals surface area contributed by atoms with E-state index in [-0.39, 0.29) is 6.42 Å². The number of nitrogens with one attached hydrogen (secondary N) is 3. The lowest BCUT2D eigenvalue weighted by Crippen LogP contribution is -2.60. The fraction of sp³-hybridized carbons (Fsp3) is 0.667. The van der Waals surface area contributed by atoms with E-state index in [0.717, 1.165) is 6.92 Å². The third kappa shape index (κ3) is 11.8. The van der Waals surface area contributed by atoms with Crippen LogP contribution in [0.5, 0.6) is 0 Å². The fourth-order valence-corrected chi connectivity index (χ4v) is 2.60. The van der Waals surface area contributed by atoms with Crippen molar-refractivity contribution in [1.29, 1.82) is 0 Å².